The molecule has 4 N–H and O–H groups in total. The molecule has 3 aromatic rings. The average Bonchev–Trinajstić information content (AvgIpc) is 3.09. The summed E-state index contributed by atoms with van der Waals surface area (Å²) in [6.45, 7) is 2.04. The molecule has 0 aromatic heterocycles. The molecule has 49 heavy (non-hydrogen) atoms. The minimum atomic E-state index is -4.25. The quantitative estimate of drug-likeness (QED) is 0.126. The van der Waals surface area contributed by atoms with E-state index in [1.165, 1.54) is 23.2 Å². The molecule has 1 heterocycles. The summed E-state index contributed by atoms with van der Waals surface area (Å²) in [5.41, 5.74) is 2.91. The minimum absolute atomic E-state index is 0.0161. The molecule has 1 aliphatic rings. The molecule has 0 spiro atoms. The third-order valence-corrected chi connectivity index (χ3v) is 11.3. The number of halogens is 2. The molecule has 1 saturated heterocycles. The molecular weight excluding hydrogens is 691 g/mol. The third-order valence-electron chi connectivity index (χ3n) is 8.45. The maximum atomic E-state index is 13.9. The number of hydrogen-bond acceptors (Lipinski definition) is 7. The zero-order chi connectivity index (χ0) is 35.6. The number of amides is 3. The van der Waals surface area contributed by atoms with Crippen molar-refractivity contribution >= 4 is 57.3 Å². The molecule has 0 radical (unpaired) electrons. The SMILES string of the molecule is Cc1c(Cl)ccc(S(=O)(=O)N(CCc2ccccc2)CC(=O)NCC(=O)N(Cc2ccc(C=NN)cc2)CC2CCN(C(=O)O)CC2)c1Cl. The normalized spacial score (nSPS) is 13.9. The number of benzene rings is 3. The molecule has 3 aromatic carbocycles. The zero-order valence-corrected chi connectivity index (χ0v) is 29.4. The summed E-state index contributed by atoms with van der Waals surface area (Å²) in [7, 11) is -4.25. The third kappa shape index (κ3) is 10.4. The van der Waals surface area contributed by atoms with E-state index in [1.807, 2.05) is 54.6 Å². The second kappa shape index (κ2) is 17.5. The molecule has 15 heteroatoms. The Labute approximate surface area is 296 Å². The molecule has 0 atom stereocenters. The van der Waals surface area contributed by atoms with Gasteiger partial charge in [0.25, 0.3) is 0 Å². The molecule has 3 amide bonds. The lowest BCUT2D eigenvalue weighted by Crippen LogP contribution is -2.47. The summed E-state index contributed by atoms with van der Waals surface area (Å²) >= 11 is 12.6. The first-order chi connectivity index (χ1) is 23.4. The maximum Gasteiger partial charge on any atom is 0.407 e. The lowest BCUT2D eigenvalue weighted by Gasteiger charge is -2.34. The van der Waals surface area contributed by atoms with E-state index in [2.05, 4.69) is 10.4 Å². The van der Waals surface area contributed by atoms with Gasteiger partial charge in [-0.15, -0.1) is 0 Å². The van der Waals surface area contributed by atoms with Gasteiger partial charge in [0.2, 0.25) is 21.8 Å². The minimum Gasteiger partial charge on any atom is -0.465 e. The number of hydrazone groups is 1. The van der Waals surface area contributed by atoms with E-state index < -0.39 is 28.6 Å². The Balaban J connectivity index is 1.48. The fraction of sp³-hybridized carbons (Fsp3) is 0.353. The van der Waals surface area contributed by atoms with Crippen molar-refractivity contribution in [2.45, 2.75) is 37.6 Å². The Bertz CT molecular complexity index is 1750. The molecule has 4 rings (SSSR count). The van der Waals surface area contributed by atoms with E-state index in [1.54, 1.807) is 11.8 Å². The van der Waals surface area contributed by atoms with Gasteiger partial charge in [0.1, 0.15) is 4.90 Å². The lowest BCUT2D eigenvalue weighted by atomic mass is 9.96. The van der Waals surface area contributed by atoms with Crippen LogP contribution in [-0.2, 0) is 32.6 Å². The highest BCUT2D eigenvalue weighted by Crippen LogP contribution is 2.32. The van der Waals surface area contributed by atoms with E-state index in [9.17, 15) is 27.9 Å². The number of hydrogen-bond donors (Lipinski definition) is 3. The highest BCUT2D eigenvalue weighted by molar-refractivity contribution is 7.89. The van der Waals surface area contributed by atoms with Crippen molar-refractivity contribution in [1.82, 2.24) is 19.4 Å². The van der Waals surface area contributed by atoms with Gasteiger partial charge < -0.3 is 26.1 Å². The number of piperidine rings is 1. The van der Waals surface area contributed by atoms with Crippen molar-refractivity contribution in [3.8, 4) is 0 Å². The Kier molecular flexibility index (Phi) is 13.4. The van der Waals surface area contributed by atoms with Crippen LogP contribution in [0.2, 0.25) is 10.0 Å². The van der Waals surface area contributed by atoms with E-state index in [4.69, 9.17) is 29.0 Å². The van der Waals surface area contributed by atoms with Crippen molar-refractivity contribution < 1.29 is 27.9 Å². The van der Waals surface area contributed by atoms with Gasteiger partial charge in [-0.2, -0.15) is 9.41 Å². The second-order valence-electron chi connectivity index (χ2n) is 11.8. The van der Waals surface area contributed by atoms with E-state index in [-0.39, 0.29) is 41.4 Å². The summed E-state index contributed by atoms with van der Waals surface area (Å²) in [4.78, 5) is 41.1. The Morgan fingerprint density at radius 1 is 1.02 bits per heavy atom. The predicted molar refractivity (Wildman–Crippen MR) is 189 cm³/mol. The number of nitrogens with zero attached hydrogens (tertiary/aromatic N) is 4. The van der Waals surface area contributed by atoms with Crippen LogP contribution in [0.3, 0.4) is 0 Å². The maximum absolute atomic E-state index is 13.9. The molecule has 262 valence electrons. The van der Waals surface area contributed by atoms with Gasteiger partial charge in [-0.1, -0.05) is 77.8 Å². The standard InChI is InChI=1S/C34H40Cl2N6O6S/c1-24-29(35)11-12-30(33(24)36)49(47,48)42(18-15-25-5-3-2-4-6-25)23-31(43)38-20-32(44)41(21-27-9-7-26(8-10-27)19-39-37)22-28-13-16-40(17-14-28)34(45)46/h2-12,19,28H,13-18,20-23,37H2,1H3,(H,38,43)(H,45,46). The number of carboxylic acid groups (broad SMARTS) is 1. The van der Waals surface area contributed by atoms with Crippen LogP contribution in [0.5, 0.6) is 0 Å². The number of nitrogens with one attached hydrogen (secondary N) is 1. The number of nitrogens with two attached hydrogens (primary N) is 1. The molecule has 0 saturated carbocycles. The van der Waals surface area contributed by atoms with Crippen LogP contribution in [0, 0.1) is 12.8 Å². The van der Waals surface area contributed by atoms with Crippen LogP contribution in [0.15, 0.2) is 76.7 Å². The fourth-order valence-electron chi connectivity index (χ4n) is 5.55. The highest BCUT2D eigenvalue weighted by Gasteiger charge is 2.30. The van der Waals surface area contributed by atoms with Gasteiger partial charge in [0.15, 0.2) is 0 Å². The molecule has 0 bridgehead atoms. The van der Waals surface area contributed by atoms with Gasteiger partial charge in [0, 0.05) is 37.7 Å². The van der Waals surface area contributed by atoms with Crippen molar-refractivity contribution in [1.29, 1.82) is 0 Å². The zero-order valence-electron chi connectivity index (χ0n) is 27.1. The molecule has 1 aliphatic heterocycles. The van der Waals surface area contributed by atoms with Crippen molar-refractivity contribution in [3.63, 3.8) is 0 Å². The lowest BCUT2D eigenvalue weighted by molar-refractivity contribution is -0.134. The van der Waals surface area contributed by atoms with Crippen LogP contribution < -0.4 is 11.2 Å². The van der Waals surface area contributed by atoms with E-state index in [0.29, 0.717) is 49.5 Å². The topological polar surface area (TPSA) is 166 Å². The van der Waals surface area contributed by atoms with Gasteiger partial charge in [-0.25, -0.2) is 13.2 Å². The van der Waals surface area contributed by atoms with Crippen LogP contribution in [0.25, 0.3) is 0 Å². The summed E-state index contributed by atoms with van der Waals surface area (Å²) < 4.78 is 28.8. The van der Waals surface area contributed by atoms with Gasteiger partial charge in [-0.05, 0) is 66.5 Å². The number of rotatable bonds is 14. The molecule has 12 nitrogen and oxygen atoms in total. The van der Waals surface area contributed by atoms with Gasteiger partial charge >= 0.3 is 6.09 Å². The Morgan fingerprint density at radius 3 is 2.33 bits per heavy atom. The summed E-state index contributed by atoms with van der Waals surface area (Å²) in [6.07, 6.45) is 2.05. The predicted octanol–water partition coefficient (Wildman–Crippen LogP) is 4.36. The van der Waals surface area contributed by atoms with Crippen molar-refractivity contribution in [3.05, 3.63) is 99.0 Å². The fourth-order valence-corrected chi connectivity index (χ4v) is 7.73. The molecular formula is C34H40Cl2N6O6S. The summed E-state index contributed by atoms with van der Waals surface area (Å²) in [6, 6.07) is 19.4. The number of likely N-dealkylation sites (tertiary alicyclic amines) is 1. The smallest absolute Gasteiger partial charge is 0.407 e. The van der Waals surface area contributed by atoms with Gasteiger partial charge in [0.05, 0.1) is 24.3 Å². The first kappa shape index (κ1) is 37.6. The largest absolute Gasteiger partial charge is 0.465 e. The van der Waals surface area contributed by atoms with Crippen molar-refractivity contribution in [2.24, 2.45) is 16.9 Å². The van der Waals surface area contributed by atoms with Gasteiger partial charge in [-0.3, -0.25) is 9.59 Å². The first-order valence-corrected chi connectivity index (χ1v) is 17.9. The second-order valence-corrected chi connectivity index (χ2v) is 14.5. The highest BCUT2D eigenvalue weighted by atomic mass is 35.5. The molecule has 1 fully saturated rings. The first-order valence-electron chi connectivity index (χ1n) is 15.7. The molecule has 0 aliphatic carbocycles. The Morgan fingerprint density at radius 2 is 1.69 bits per heavy atom. The van der Waals surface area contributed by atoms with Crippen LogP contribution >= 0.6 is 23.2 Å². The average molecular weight is 732 g/mol. The van der Waals surface area contributed by atoms with Crippen LogP contribution in [0.4, 0.5) is 4.79 Å². The number of carbonyl (C=O) groups excluding carboxylic acids is 2. The van der Waals surface area contributed by atoms with E-state index in [0.717, 1.165) is 21.0 Å². The number of sulfonamides is 1. The number of carbonyl (C=O) groups is 3. The van der Waals surface area contributed by atoms with E-state index >= 15 is 0 Å². The van der Waals surface area contributed by atoms with Crippen molar-refractivity contribution in [2.75, 3.05) is 39.3 Å². The summed E-state index contributed by atoms with van der Waals surface area (Å²) in [5.74, 6) is 4.28. The molecule has 0 unspecified atom stereocenters. The summed E-state index contributed by atoms with van der Waals surface area (Å²) in [5, 5.41) is 15.8. The van der Waals surface area contributed by atoms with Crippen LogP contribution in [0.1, 0.15) is 35.1 Å². The monoisotopic (exact) mass is 730 g/mol. The van der Waals surface area contributed by atoms with Crippen LogP contribution in [-0.4, -0.2) is 91.0 Å². The Hall–Kier alpha value is -4.17.